The van der Waals surface area contributed by atoms with Gasteiger partial charge < -0.3 is 9.67 Å². The van der Waals surface area contributed by atoms with Crippen LogP contribution >= 0.6 is 0 Å². The number of nitrogens with one attached hydrogen (secondary N) is 1. The Hall–Kier alpha value is -4.08. The fourth-order valence-electron chi connectivity index (χ4n) is 2.77. The number of nitro groups is 1. The van der Waals surface area contributed by atoms with Crippen molar-refractivity contribution in [3.05, 3.63) is 58.1 Å². The van der Waals surface area contributed by atoms with Crippen LogP contribution < -0.4 is 5.43 Å². The first kappa shape index (κ1) is 16.4. The smallest absolute Gasteiger partial charge is 0.270 e. The summed E-state index contributed by atoms with van der Waals surface area (Å²) in [4.78, 5) is 14.7. The average molecular weight is 363 g/mol. The van der Waals surface area contributed by atoms with Crippen molar-refractivity contribution < 1.29 is 10.0 Å². The van der Waals surface area contributed by atoms with Gasteiger partial charge >= 0.3 is 0 Å². The lowest BCUT2D eigenvalue weighted by molar-refractivity contribution is -0.384. The van der Waals surface area contributed by atoms with Crippen LogP contribution in [-0.4, -0.2) is 36.0 Å². The van der Waals surface area contributed by atoms with Gasteiger partial charge in [0.25, 0.3) is 11.6 Å². The van der Waals surface area contributed by atoms with Gasteiger partial charge in [-0.05, 0) is 12.1 Å². The summed E-state index contributed by atoms with van der Waals surface area (Å²) in [6, 6.07) is 11.4. The van der Waals surface area contributed by atoms with E-state index in [4.69, 9.17) is 0 Å². The molecule has 0 bridgehead atoms. The van der Waals surface area contributed by atoms with Gasteiger partial charge in [0, 0.05) is 30.1 Å². The van der Waals surface area contributed by atoms with E-state index in [1.54, 1.807) is 0 Å². The molecule has 0 amide bonds. The van der Waals surface area contributed by atoms with E-state index >= 15 is 0 Å². The Morgan fingerprint density at radius 1 is 1.26 bits per heavy atom. The summed E-state index contributed by atoms with van der Waals surface area (Å²) in [6.07, 6.45) is 1.25. The summed E-state index contributed by atoms with van der Waals surface area (Å²) in [7, 11) is 1.88. The number of para-hydroxylation sites is 1. The van der Waals surface area contributed by atoms with E-state index in [2.05, 4.69) is 25.7 Å². The first-order chi connectivity index (χ1) is 13.0. The van der Waals surface area contributed by atoms with Crippen LogP contribution in [0.2, 0.25) is 0 Å². The van der Waals surface area contributed by atoms with Crippen molar-refractivity contribution in [1.29, 1.82) is 0 Å². The fraction of sp³-hybridized carbons (Fsp3) is 0.0588. The molecule has 0 saturated carbocycles. The molecule has 2 N–H and O–H groups in total. The number of hydrogen-bond acceptors (Lipinski definition) is 8. The normalized spacial score (nSPS) is 11.4. The average Bonchev–Trinajstić information content (AvgIpc) is 2.95. The number of fused-ring (bicyclic) bond motifs is 3. The molecule has 134 valence electrons. The predicted molar refractivity (Wildman–Crippen MR) is 99.8 cm³/mol. The molecule has 0 radical (unpaired) electrons. The Kier molecular flexibility index (Phi) is 3.84. The van der Waals surface area contributed by atoms with Gasteiger partial charge in [-0.1, -0.05) is 18.2 Å². The second kappa shape index (κ2) is 6.33. The van der Waals surface area contributed by atoms with Gasteiger partial charge in [0.1, 0.15) is 11.3 Å². The number of non-ortho nitro benzene ring substituents is 1. The van der Waals surface area contributed by atoms with Crippen LogP contribution in [0.15, 0.2) is 47.6 Å². The standard InChI is InChI=1S/C17H13N7O3/c1-23-13-5-3-2-4-12(13)15-16(23)19-17(22-20-15)21-18-9-10-8-11(24(26)27)6-7-14(10)25/h2-9,25H,1H3,(H,19,21,22). The first-order valence-corrected chi connectivity index (χ1v) is 7.89. The number of rotatable bonds is 4. The minimum absolute atomic E-state index is 0.130. The highest BCUT2D eigenvalue weighted by Crippen LogP contribution is 2.25. The van der Waals surface area contributed by atoms with Crippen molar-refractivity contribution in [2.24, 2.45) is 12.1 Å². The van der Waals surface area contributed by atoms with Crippen molar-refractivity contribution in [2.45, 2.75) is 0 Å². The minimum atomic E-state index is -0.550. The maximum atomic E-state index is 10.8. The quantitative estimate of drug-likeness (QED) is 0.323. The highest BCUT2D eigenvalue weighted by atomic mass is 16.6. The van der Waals surface area contributed by atoms with E-state index in [0.717, 1.165) is 10.9 Å². The van der Waals surface area contributed by atoms with E-state index in [0.29, 0.717) is 11.2 Å². The van der Waals surface area contributed by atoms with Crippen molar-refractivity contribution in [3.8, 4) is 5.75 Å². The maximum absolute atomic E-state index is 10.8. The Bertz CT molecular complexity index is 1220. The first-order valence-electron chi connectivity index (χ1n) is 7.89. The van der Waals surface area contributed by atoms with E-state index in [-0.39, 0.29) is 22.9 Å². The molecule has 4 rings (SSSR count). The van der Waals surface area contributed by atoms with E-state index in [1.165, 1.54) is 24.4 Å². The van der Waals surface area contributed by atoms with Gasteiger partial charge in [-0.2, -0.15) is 10.1 Å². The van der Waals surface area contributed by atoms with Gasteiger partial charge in [-0.3, -0.25) is 10.1 Å². The molecule has 0 aliphatic rings. The molecule has 0 fully saturated rings. The lowest BCUT2D eigenvalue weighted by Gasteiger charge is -2.00. The largest absolute Gasteiger partial charge is 0.507 e. The molecule has 27 heavy (non-hydrogen) atoms. The van der Waals surface area contributed by atoms with Crippen LogP contribution in [0.4, 0.5) is 11.6 Å². The number of benzene rings is 2. The number of hydrogen-bond donors (Lipinski definition) is 2. The summed E-state index contributed by atoms with van der Waals surface area (Å²) < 4.78 is 1.90. The fourth-order valence-corrected chi connectivity index (χ4v) is 2.77. The zero-order valence-electron chi connectivity index (χ0n) is 14.1. The number of aromatic hydroxyl groups is 1. The monoisotopic (exact) mass is 363 g/mol. The molecule has 0 atom stereocenters. The summed E-state index contributed by atoms with van der Waals surface area (Å²) in [5.74, 6) is 0.0314. The zero-order chi connectivity index (χ0) is 19.0. The Balaban J connectivity index is 1.64. The van der Waals surface area contributed by atoms with Gasteiger partial charge in [0.2, 0.25) is 0 Å². The molecule has 10 nitrogen and oxygen atoms in total. The highest BCUT2D eigenvalue weighted by molar-refractivity contribution is 6.04. The van der Waals surface area contributed by atoms with Crippen molar-refractivity contribution in [3.63, 3.8) is 0 Å². The minimum Gasteiger partial charge on any atom is -0.507 e. The zero-order valence-corrected chi connectivity index (χ0v) is 14.1. The number of anilines is 1. The summed E-state index contributed by atoms with van der Waals surface area (Å²) in [5, 5.41) is 33.7. The number of aromatic nitrogens is 4. The summed E-state index contributed by atoms with van der Waals surface area (Å²) in [6.45, 7) is 0. The molecule has 0 aliphatic heterocycles. The molecular weight excluding hydrogens is 350 g/mol. The number of hydrazone groups is 1. The van der Waals surface area contributed by atoms with Crippen LogP contribution in [0, 0.1) is 10.1 Å². The maximum Gasteiger partial charge on any atom is 0.270 e. The van der Waals surface area contributed by atoms with Gasteiger partial charge in [-0.25, -0.2) is 5.43 Å². The number of phenolic OH excluding ortho intramolecular Hbond substituents is 1. The topological polar surface area (TPSA) is 131 Å². The Morgan fingerprint density at radius 2 is 2.07 bits per heavy atom. The molecule has 0 unspecified atom stereocenters. The molecule has 10 heteroatoms. The molecule has 0 spiro atoms. The van der Waals surface area contributed by atoms with Gasteiger partial charge in [0.05, 0.1) is 16.7 Å². The van der Waals surface area contributed by atoms with Crippen LogP contribution in [0.1, 0.15) is 5.56 Å². The van der Waals surface area contributed by atoms with Crippen LogP contribution in [0.25, 0.3) is 22.1 Å². The lowest BCUT2D eigenvalue weighted by Crippen LogP contribution is -2.01. The number of aryl methyl sites for hydroxylation is 1. The molecule has 2 heterocycles. The third-order valence-electron chi connectivity index (χ3n) is 4.10. The van der Waals surface area contributed by atoms with E-state index in [9.17, 15) is 15.2 Å². The molecule has 4 aromatic rings. The lowest BCUT2D eigenvalue weighted by atomic mass is 10.2. The second-order valence-corrected chi connectivity index (χ2v) is 5.75. The summed E-state index contributed by atoms with van der Waals surface area (Å²) >= 11 is 0. The SMILES string of the molecule is Cn1c2ccccc2c2nnc(NN=Cc3cc([N+](=O)[O-])ccc3O)nc21. The number of phenols is 1. The molecule has 2 aromatic carbocycles. The number of nitrogens with zero attached hydrogens (tertiary/aromatic N) is 6. The third kappa shape index (κ3) is 2.88. The molecule has 0 saturated heterocycles. The Morgan fingerprint density at radius 3 is 2.89 bits per heavy atom. The molecule has 2 aromatic heterocycles. The van der Waals surface area contributed by atoms with Crippen LogP contribution in [-0.2, 0) is 7.05 Å². The highest BCUT2D eigenvalue weighted by Gasteiger charge is 2.12. The number of nitro benzene ring substituents is 1. The summed E-state index contributed by atoms with van der Waals surface area (Å²) in [5.41, 5.74) is 4.97. The van der Waals surface area contributed by atoms with E-state index in [1.807, 2.05) is 35.9 Å². The predicted octanol–water partition coefficient (Wildman–Crippen LogP) is 2.58. The van der Waals surface area contributed by atoms with Crippen molar-refractivity contribution in [1.82, 2.24) is 19.7 Å². The van der Waals surface area contributed by atoms with Crippen molar-refractivity contribution >= 4 is 39.9 Å². The van der Waals surface area contributed by atoms with Gasteiger partial charge in [-0.15, -0.1) is 10.2 Å². The van der Waals surface area contributed by atoms with Crippen LogP contribution in [0.3, 0.4) is 0 Å². The Labute approximate surface area is 151 Å². The van der Waals surface area contributed by atoms with Crippen LogP contribution in [0.5, 0.6) is 5.75 Å². The van der Waals surface area contributed by atoms with Gasteiger partial charge in [0.15, 0.2) is 5.65 Å². The molecule has 0 aliphatic carbocycles. The van der Waals surface area contributed by atoms with E-state index < -0.39 is 4.92 Å². The van der Waals surface area contributed by atoms with Crippen molar-refractivity contribution in [2.75, 3.05) is 5.43 Å². The molecular formula is C17H13N7O3. The second-order valence-electron chi connectivity index (χ2n) is 5.75. The third-order valence-corrected chi connectivity index (χ3v) is 4.10.